The minimum Gasteiger partial charge on any atom is -0.358 e. The molecule has 1 aliphatic rings. The molecule has 0 radical (unpaired) electrons. The number of carbonyl (C=O) groups excluding carboxylic acids is 1. The fourth-order valence-corrected chi connectivity index (χ4v) is 2.41. The number of amides is 1. The van der Waals surface area contributed by atoms with E-state index >= 15 is 0 Å². The van der Waals surface area contributed by atoms with Gasteiger partial charge in [0.05, 0.1) is 6.54 Å². The zero-order valence-electron chi connectivity index (χ0n) is 9.86. The summed E-state index contributed by atoms with van der Waals surface area (Å²) in [5.41, 5.74) is 2.81. The molecule has 1 aromatic carbocycles. The largest absolute Gasteiger partial charge is 0.358 e. The molecule has 0 saturated carbocycles. The first kappa shape index (κ1) is 11.1. The van der Waals surface area contributed by atoms with Crippen molar-refractivity contribution in [2.75, 3.05) is 20.6 Å². The van der Waals surface area contributed by atoms with E-state index in [-0.39, 0.29) is 5.91 Å². The maximum atomic E-state index is 11.3. The molecule has 0 aliphatic heterocycles. The van der Waals surface area contributed by atoms with Crippen LogP contribution in [0.25, 0.3) is 0 Å². The maximum Gasteiger partial charge on any atom is 0.233 e. The summed E-state index contributed by atoms with van der Waals surface area (Å²) in [5, 5.41) is 2.66. The van der Waals surface area contributed by atoms with Crippen molar-refractivity contribution < 1.29 is 4.79 Å². The molecule has 0 heterocycles. The molecular weight excluding hydrogens is 200 g/mol. The van der Waals surface area contributed by atoms with Gasteiger partial charge in [-0.25, -0.2) is 0 Å². The van der Waals surface area contributed by atoms with Gasteiger partial charge in [0.25, 0.3) is 0 Å². The third-order valence-electron chi connectivity index (χ3n) is 3.31. The molecule has 1 N–H and O–H groups in total. The second kappa shape index (κ2) is 4.66. The Balaban J connectivity index is 2.10. The molecule has 0 fully saturated rings. The predicted octanol–water partition coefficient (Wildman–Crippen LogP) is 1.35. The van der Waals surface area contributed by atoms with Gasteiger partial charge < -0.3 is 5.32 Å². The van der Waals surface area contributed by atoms with Crippen LogP contribution in [0.1, 0.15) is 23.6 Å². The summed E-state index contributed by atoms with van der Waals surface area (Å²) in [6, 6.07) is 8.91. The molecule has 1 aromatic rings. The molecule has 1 atom stereocenters. The molecule has 0 bridgehead atoms. The number of carbonyl (C=O) groups is 1. The summed E-state index contributed by atoms with van der Waals surface area (Å²) in [6.45, 7) is 0.468. The van der Waals surface area contributed by atoms with Crippen LogP contribution in [0, 0.1) is 0 Å². The highest BCUT2D eigenvalue weighted by Gasteiger charge is 2.25. The van der Waals surface area contributed by atoms with Crippen LogP contribution in [0.2, 0.25) is 0 Å². The topological polar surface area (TPSA) is 32.3 Å². The highest BCUT2D eigenvalue weighted by molar-refractivity contribution is 5.77. The van der Waals surface area contributed by atoms with Gasteiger partial charge in [0, 0.05) is 13.1 Å². The molecule has 16 heavy (non-hydrogen) atoms. The lowest BCUT2D eigenvalue weighted by Crippen LogP contribution is -2.34. The van der Waals surface area contributed by atoms with E-state index in [1.807, 2.05) is 7.05 Å². The number of nitrogens with zero attached hydrogens (tertiary/aromatic N) is 1. The maximum absolute atomic E-state index is 11.3. The van der Waals surface area contributed by atoms with E-state index in [0.717, 1.165) is 12.8 Å². The van der Waals surface area contributed by atoms with Crippen LogP contribution in [0.5, 0.6) is 0 Å². The number of benzene rings is 1. The molecule has 0 aromatic heterocycles. The van der Waals surface area contributed by atoms with Crippen molar-refractivity contribution in [2.45, 2.75) is 18.9 Å². The Morgan fingerprint density at radius 3 is 3.00 bits per heavy atom. The standard InChI is InChI=1S/C13H18N2O/c1-14-13(16)9-15(2)12-8-7-10-5-3-4-6-11(10)12/h3-6,12H,7-9H2,1-2H3,(H,14,16). The fourth-order valence-electron chi connectivity index (χ4n) is 2.41. The Labute approximate surface area is 96.5 Å². The Morgan fingerprint density at radius 2 is 2.25 bits per heavy atom. The van der Waals surface area contributed by atoms with Gasteiger partial charge >= 0.3 is 0 Å². The number of hydrogen-bond donors (Lipinski definition) is 1. The van der Waals surface area contributed by atoms with Crippen molar-refractivity contribution in [3.8, 4) is 0 Å². The molecule has 0 saturated heterocycles. The van der Waals surface area contributed by atoms with Crippen molar-refractivity contribution in [1.29, 1.82) is 0 Å². The number of rotatable bonds is 3. The zero-order chi connectivity index (χ0) is 11.5. The monoisotopic (exact) mass is 218 g/mol. The first-order valence-corrected chi connectivity index (χ1v) is 5.71. The van der Waals surface area contributed by atoms with Crippen LogP contribution < -0.4 is 5.32 Å². The molecule has 1 aliphatic carbocycles. The van der Waals surface area contributed by atoms with E-state index in [4.69, 9.17) is 0 Å². The normalized spacial score (nSPS) is 18.6. The number of nitrogens with one attached hydrogen (secondary N) is 1. The summed E-state index contributed by atoms with van der Waals surface area (Å²) in [7, 11) is 3.70. The van der Waals surface area contributed by atoms with E-state index in [0.29, 0.717) is 12.6 Å². The zero-order valence-corrected chi connectivity index (χ0v) is 9.86. The third-order valence-corrected chi connectivity index (χ3v) is 3.31. The highest BCUT2D eigenvalue weighted by atomic mass is 16.1. The van der Waals surface area contributed by atoms with Crippen LogP contribution in [-0.4, -0.2) is 31.4 Å². The summed E-state index contributed by atoms with van der Waals surface area (Å²) >= 11 is 0. The van der Waals surface area contributed by atoms with Gasteiger partial charge in [-0.15, -0.1) is 0 Å². The number of fused-ring (bicyclic) bond motifs is 1. The molecule has 1 amide bonds. The number of aryl methyl sites for hydroxylation is 1. The number of likely N-dealkylation sites (N-methyl/N-ethyl adjacent to an activating group) is 2. The molecule has 3 nitrogen and oxygen atoms in total. The molecule has 86 valence electrons. The van der Waals surface area contributed by atoms with Gasteiger partial charge in [-0.05, 0) is 31.0 Å². The molecule has 3 heteroatoms. The lowest BCUT2D eigenvalue weighted by atomic mass is 10.1. The van der Waals surface area contributed by atoms with Crippen molar-refractivity contribution in [3.63, 3.8) is 0 Å². The van der Waals surface area contributed by atoms with Gasteiger partial charge in [-0.1, -0.05) is 24.3 Å². The Bertz CT molecular complexity index is 389. The molecule has 2 rings (SSSR count). The van der Waals surface area contributed by atoms with Crippen LogP contribution in [-0.2, 0) is 11.2 Å². The second-order valence-electron chi connectivity index (χ2n) is 4.34. The van der Waals surface area contributed by atoms with E-state index in [1.54, 1.807) is 7.05 Å². The Kier molecular flexibility index (Phi) is 3.25. The smallest absolute Gasteiger partial charge is 0.233 e. The van der Waals surface area contributed by atoms with Crippen molar-refractivity contribution in [3.05, 3.63) is 35.4 Å². The highest BCUT2D eigenvalue weighted by Crippen LogP contribution is 2.34. The predicted molar refractivity (Wildman–Crippen MR) is 64.2 cm³/mol. The summed E-state index contributed by atoms with van der Waals surface area (Å²) in [4.78, 5) is 13.5. The molecule has 1 unspecified atom stereocenters. The molecular formula is C13H18N2O. The average Bonchev–Trinajstić information content (AvgIpc) is 2.72. The SMILES string of the molecule is CNC(=O)CN(C)C1CCc2ccccc21. The van der Waals surface area contributed by atoms with E-state index < -0.39 is 0 Å². The number of hydrogen-bond acceptors (Lipinski definition) is 2. The van der Waals surface area contributed by atoms with Crippen molar-refractivity contribution >= 4 is 5.91 Å². The van der Waals surface area contributed by atoms with Crippen LogP contribution in [0.4, 0.5) is 0 Å². The van der Waals surface area contributed by atoms with Gasteiger partial charge in [0.2, 0.25) is 5.91 Å². The van der Waals surface area contributed by atoms with Crippen LogP contribution in [0.15, 0.2) is 24.3 Å². The second-order valence-corrected chi connectivity index (χ2v) is 4.34. The van der Waals surface area contributed by atoms with E-state index in [2.05, 4.69) is 34.5 Å². The van der Waals surface area contributed by atoms with E-state index in [1.165, 1.54) is 11.1 Å². The minimum atomic E-state index is 0.0758. The van der Waals surface area contributed by atoms with Gasteiger partial charge in [0.15, 0.2) is 0 Å². The minimum absolute atomic E-state index is 0.0758. The Hall–Kier alpha value is -1.35. The van der Waals surface area contributed by atoms with E-state index in [9.17, 15) is 4.79 Å². The fraction of sp³-hybridized carbons (Fsp3) is 0.462. The Morgan fingerprint density at radius 1 is 1.50 bits per heavy atom. The van der Waals surface area contributed by atoms with Crippen molar-refractivity contribution in [1.82, 2.24) is 10.2 Å². The van der Waals surface area contributed by atoms with Crippen molar-refractivity contribution in [2.24, 2.45) is 0 Å². The first-order chi connectivity index (χ1) is 7.72. The average molecular weight is 218 g/mol. The quantitative estimate of drug-likeness (QED) is 0.830. The summed E-state index contributed by atoms with van der Waals surface area (Å²) < 4.78 is 0. The lowest BCUT2D eigenvalue weighted by Gasteiger charge is -2.24. The summed E-state index contributed by atoms with van der Waals surface area (Å²) in [6.07, 6.45) is 2.24. The van der Waals surface area contributed by atoms with Gasteiger partial charge in [-0.3, -0.25) is 9.69 Å². The van der Waals surface area contributed by atoms with Gasteiger partial charge in [0.1, 0.15) is 0 Å². The van der Waals surface area contributed by atoms with Crippen LogP contribution in [0.3, 0.4) is 0 Å². The third kappa shape index (κ3) is 2.09. The lowest BCUT2D eigenvalue weighted by molar-refractivity contribution is -0.121. The van der Waals surface area contributed by atoms with Gasteiger partial charge in [-0.2, -0.15) is 0 Å². The first-order valence-electron chi connectivity index (χ1n) is 5.71. The molecule has 0 spiro atoms. The summed E-state index contributed by atoms with van der Waals surface area (Å²) in [5.74, 6) is 0.0758. The van der Waals surface area contributed by atoms with Crippen LogP contribution >= 0.6 is 0 Å².